The van der Waals surface area contributed by atoms with Gasteiger partial charge in [0.2, 0.25) is 0 Å². The highest BCUT2D eigenvalue weighted by Gasteiger charge is 2.52. The molecule has 0 saturated carbocycles. The number of carbonyl (C=O) groups excluding carboxylic acids is 1. The third kappa shape index (κ3) is 2.18. The van der Waals surface area contributed by atoms with Crippen LogP contribution in [0.3, 0.4) is 0 Å². The maximum absolute atomic E-state index is 11.2. The first-order valence-corrected chi connectivity index (χ1v) is 4.48. The summed E-state index contributed by atoms with van der Waals surface area (Å²) in [5.74, 6) is -6.31. The highest BCUT2D eigenvalue weighted by Crippen LogP contribution is 2.26. The normalized spacial score (nSPS) is 27.8. The number of aliphatic carboxylic acids is 3. The van der Waals surface area contributed by atoms with Crippen LogP contribution >= 0.6 is 0 Å². The van der Waals surface area contributed by atoms with Crippen LogP contribution in [0.2, 0.25) is 0 Å². The van der Waals surface area contributed by atoms with E-state index in [0.29, 0.717) is 4.90 Å². The molecule has 0 unspecified atom stereocenters. The largest absolute Gasteiger partial charge is 0.480 e. The Morgan fingerprint density at radius 2 is 1.71 bits per heavy atom. The topological polar surface area (TPSA) is 158 Å². The summed E-state index contributed by atoms with van der Waals surface area (Å²) in [5.41, 5.74) is 3.47. The third-order valence-corrected chi connectivity index (χ3v) is 2.54. The number of carboxylic acid groups (broad SMARTS) is 3. The zero-order chi connectivity index (χ0) is 13.4. The van der Waals surface area contributed by atoms with Crippen molar-refractivity contribution in [2.24, 2.45) is 5.73 Å². The monoisotopic (exact) mass is 246 g/mol. The molecule has 1 amide bonds. The summed E-state index contributed by atoms with van der Waals surface area (Å²) in [6, 6.07) is -1.54. The smallest absolute Gasteiger partial charge is 0.394 e. The van der Waals surface area contributed by atoms with Crippen LogP contribution < -0.4 is 5.73 Å². The maximum Gasteiger partial charge on any atom is 0.394 e. The van der Waals surface area contributed by atoms with E-state index in [1.54, 1.807) is 0 Å². The van der Waals surface area contributed by atoms with Crippen molar-refractivity contribution >= 4 is 23.8 Å². The van der Waals surface area contributed by atoms with Gasteiger partial charge >= 0.3 is 23.8 Å². The van der Waals surface area contributed by atoms with Gasteiger partial charge in [-0.1, -0.05) is 0 Å². The molecule has 0 aromatic heterocycles. The molecule has 0 spiro atoms. The lowest BCUT2D eigenvalue weighted by Crippen LogP contribution is -2.51. The summed E-state index contributed by atoms with van der Waals surface area (Å²) < 4.78 is 0. The second-order valence-electron chi connectivity index (χ2n) is 3.76. The molecule has 1 saturated heterocycles. The van der Waals surface area contributed by atoms with Gasteiger partial charge in [-0.2, -0.15) is 0 Å². The van der Waals surface area contributed by atoms with Gasteiger partial charge in [0.25, 0.3) is 0 Å². The number of hydrogen-bond acceptors (Lipinski definition) is 5. The number of amides is 1. The molecule has 1 aliphatic heterocycles. The van der Waals surface area contributed by atoms with Gasteiger partial charge in [0.05, 0.1) is 6.54 Å². The number of nitrogens with two attached hydrogens (primary N) is 1. The Bertz CT molecular complexity index is 407. The third-order valence-electron chi connectivity index (χ3n) is 2.54. The number of hydrogen-bond donors (Lipinski definition) is 4. The van der Waals surface area contributed by atoms with Crippen molar-refractivity contribution in [2.45, 2.75) is 18.0 Å². The summed E-state index contributed by atoms with van der Waals surface area (Å²) in [7, 11) is 0. The van der Waals surface area contributed by atoms with E-state index in [2.05, 4.69) is 0 Å². The van der Waals surface area contributed by atoms with Crippen LogP contribution in [0, 0.1) is 0 Å². The molecule has 17 heavy (non-hydrogen) atoms. The number of nitrogens with zero attached hydrogens (tertiary/aromatic N) is 1. The standard InChI is InChI=1S/C8H10N2O7/c9-8(7(16)17)1-3(5(12)13)10(2-8)4(11)6(14)15/h3H,1-2,9H2,(H,12,13)(H,14,15)(H,16,17)/t3-,8+/m0/s1. The first-order chi connectivity index (χ1) is 7.69. The predicted molar refractivity (Wildman–Crippen MR) is 49.9 cm³/mol. The van der Waals surface area contributed by atoms with E-state index >= 15 is 0 Å². The van der Waals surface area contributed by atoms with Crippen LogP contribution in [0.15, 0.2) is 0 Å². The fourth-order valence-corrected chi connectivity index (χ4v) is 1.65. The van der Waals surface area contributed by atoms with Crippen LogP contribution in [0.1, 0.15) is 6.42 Å². The SMILES string of the molecule is N[C@]1(C(=O)O)C[C@@H](C(=O)O)N(C(=O)C(=O)O)C1. The molecular weight excluding hydrogens is 236 g/mol. The highest BCUT2D eigenvalue weighted by molar-refractivity contribution is 6.32. The Hall–Kier alpha value is -2.16. The van der Waals surface area contributed by atoms with Gasteiger partial charge in [-0.05, 0) is 0 Å². The van der Waals surface area contributed by atoms with Crippen molar-refractivity contribution in [1.82, 2.24) is 4.90 Å². The van der Waals surface area contributed by atoms with E-state index in [1.807, 2.05) is 0 Å². The fraction of sp³-hybridized carbons (Fsp3) is 0.500. The van der Waals surface area contributed by atoms with Crippen LogP contribution in [0.25, 0.3) is 0 Å². The molecule has 1 fully saturated rings. The molecule has 0 aliphatic carbocycles. The Morgan fingerprint density at radius 1 is 1.18 bits per heavy atom. The lowest BCUT2D eigenvalue weighted by atomic mass is 9.98. The summed E-state index contributed by atoms with van der Waals surface area (Å²) in [5, 5.41) is 26.1. The molecule has 9 nitrogen and oxygen atoms in total. The van der Waals surface area contributed by atoms with E-state index < -0.39 is 48.4 Å². The Labute approximate surface area is 94.4 Å². The fourth-order valence-electron chi connectivity index (χ4n) is 1.65. The first-order valence-electron chi connectivity index (χ1n) is 4.48. The van der Waals surface area contributed by atoms with Gasteiger partial charge in [0.15, 0.2) is 0 Å². The van der Waals surface area contributed by atoms with E-state index in [-0.39, 0.29) is 0 Å². The van der Waals surface area contributed by atoms with Crippen LogP contribution in [-0.2, 0) is 19.2 Å². The highest BCUT2D eigenvalue weighted by atomic mass is 16.4. The van der Waals surface area contributed by atoms with Gasteiger partial charge in [-0.25, -0.2) is 9.59 Å². The second-order valence-corrected chi connectivity index (χ2v) is 3.76. The summed E-state index contributed by atoms with van der Waals surface area (Å²) in [4.78, 5) is 43.7. The van der Waals surface area contributed by atoms with Gasteiger partial charge in [-0.15, -0.1) is 0 Å². The average molecular weight is 246 g/mol. The number of likely N-dealkylation sites (tertiary alicyclic amines) is 1. The molecule has 1 heterocycles. The Morgan fingerprint density at radius 3 is 2.06 bits per heavy atom. The zero-order valence-corrected chi connectivity index (χ0v) is 8.49. The number of carbonyl (C=O) groups is 4. The molecule has 2 atom stereocenters. The molecule has 1 aliphatic rings. The van der Waals surface area contributed by atoms with Gasteiger partial charge in [0, 0.05) is 6.42 Å². The quantitative estimate of drug-likeness (QED) is 0.390. The zero-order valence-electron chi connectivity index (χ0n) is 8.49. The summed E-state index contributed by atoms with van der Waals surface area (Å²) in [6.45, 7) is -0.648. The number of carboxylic acids is 3. The minimum absolute atomic E-state index is 0.443. The van der Waals surface area contributed by atoms with Gasteiger partial charge in [0.1, 0.15) is 11.6 Å². The lowest BCUT2D eigenvalue weighted by Gasteiger charge is -2.19. The van der Waals surface area contributed by atoms with Crippen LogP contribution in [-0.4, -0.2) is 62.2 Å². The molecule has 9 heteroatoms. The van der Waals surface area contributed by atoms with Crippen molar-refractivity contribution in [2.75, 3.05) is 6.54 Å². The summed E-state index contributed by atoms with van der Waals surface area (Å²) >= 11 is 0. The molecule has 0 radical (unpaired) electrons. The number of rotatable bonds is 2. The Balaban J connectivity index is 3.04. The molecule has 94 valence electrons. The van der Waals surface area contributed by atoms with E-state index in [0.717, 1.165) is 0 Å². The van der Waals surface area contributed by atoms with Crippen molar-refractivity contribution in [3.05, 3.63) is 0 Å². The van der Waals surface area contributed by atoms with E-state index in [1.165, 1.54) is 0 Å². The van der Waals surface area contributed by atoms with Gasteiger partial charge < -0.3 is 26.0 Å². The molecule has 1 rings (SSSR count). The van der Waals surface area contributed by atoms with Crippen molar-refractivity contribution in [1.29, 1.82) is 0 Å². The van der Waals surface area contributed by atoms with Crippen molar-refractivity contribution in [3.63, 3.8) is 0 Å². The lowest BCUT2D eigenvalue weighted by molar-refractivity contribution is -0.159. The molecular formula is C8H10N2O7. The van der Waals surface area contributed by atoms with E-state index in [9.17, 15) is 19.2 Å². The second kappa shape index (κ2) is 4.01. The molecule has 0 aromatic rings. The first kappa shape index (κ1) is 12.9. The minimum Gasteiger partial charge on any atom is -0.480 e. The predicted octanol–water partition coefficient (Wildman–Crippen LogP) is -2.46. The summed E-state index contributed by atoms with van der Waals surface area (Å²) in [6.07, 6.45) is -0.531. The van der Waals surface area contributed by atoms with Crippen molar-refractivity contribution < 1.29 is 34.5 Å². The van der Waals surface area contributed by atoms with Crippen molar-refractivity contribution in [3.8, 4) is 0 Å². The van der Waals surface area contributed by atoms with Crippen LogP contribution in [0.5, 0.6) is 0 Å². The molecule has 0 aromatic carbocycles. The minimum atomic E-state index is -1.94. The molecule has 5 N–H and O–H groups in total. The van der Waals surface area contributed by atoms with E-state index in [4.69, 9.17) is 21.1 Å². The maximum atomic E-state index is 11.2. The van der Waals surface area contributed by atoms with Crippen LogP contribution in [0.4, 0.5) is 0 Å². The average Bonchev–Trinajstić information content (AvgIpc) is 2.56. The molecule has 0 bridgehead atoms. The Kier molecular flexibility index (Phi) is 3.05. The van der Waals surface area contributed by atoms with Gasteiger partial charge in [-0.3, -0.25) is 9.59 Å².